The summed E-state index contributed by atoms with van der Waals surface area (Å²) in [5.74, 6) is -1.74. The normalized spacial score (nSPS) is 12.7. The number of hydrogen-bond donors (Lipinski definition) is 4. The van der Waals surface area contributed by atoms with Crippen LogP contribution >= 0.6 is 0 Å². The number of aromatic nitrogens is 3. The van der Waals surface area contributed by atoms with Gasteiger partial charge in [0, 0.05) is 18.1 Å². The van der Waals surface area contributed by atoms with Crippen molar-refractivity contribution in [3.63, 3.8) is 0 Å². The average molecular weight is 505 g/mol. The minimum Gasteiger partial charge on any atom is -0.494 e. The highest BCUT2D eigenvalue weighted by Crippen LogP contribution is 2.37. The Kier molecular flexibility index (Phi) is 6.63. The first-order chi connectivity index (χ1) is 17.9. The fraction of sp³-hybridized carbons (Fsp3) is 0.222. The van der Waals surface area contributed by atoms with E-state index in [-0.39, 0.29) is 23.5 Å². The van der Waals surface area contributed by atoms with E-state index in [9.17, 15) is 24.2 Å². The second-order valence-electron chi connectivity index (χ2n) is 8.89. The highest BCUT2D eigenvalue weighted by Gasteiger charge is 2.22. The molecule has 0 aliphatic heterocycles. The topological polar surface area (TPSA) is 129 Å². The van der Waals surface area contributed by atoms with Crippen LogP contribution in [0, 0.1) is 5.82 Å². The van der Waals surface area contributed by atoms with Gasteiger partial charge in [0.05, 0.1) is 11.4 Å². The van der Waals surface area contributed by atoms with Gasteiger partial charge < -0.3 is 14.9 Å². The second-order valence-corrected chi connectivity index (χ2v) is 8.89. The van der Waals surface area contributed by atoms with Crippen molar-refractivity contribution in [2.45, 2.75) is 38.7 Å². The molecule has 0 unspecified atom stereocenters. The monoisotopic (exact) mass is 504 g/mol. The number of benzene rings is 2. The number of aromatic hydroxyl groups is 2. The number of carbonyl (C=O) groups excluding carboxylic acids is 1. The number of halogens is 1. The molecule has 2 heterocycles. The van der Waals surface area contributed by atoms with Gasteiger partial charge in [-0.25, -0.2) is 18.9 Å². The predicted molar refractivity (Wildman–Crippen MR) is 134 cm³/mol. The fourth-order valence-electron chi connectivity index (χ4n) is 4.59. The van der Waals surface area contributed by atoms with Crippen molar-refractivity contribution in [2.24, 2.45) is 0 Å². The number of fused-ring (bicyclic) bond motifs is 1. The van der Waals surface area contributed by atoms with E-state index in [2.05, 4.69) is 15.5 Å². The minimum atomic E-state index is -0.848. The first-order valence-corrected chi connectivity index (χ1v) is 11.9. The Labute approximate surface area is 211 Å². The highest BCUT2D eigenvalue weighted by molar-refractivity contribution is 5.87. The van der Waals surface area contributed by atoms with Gasteiger partial charge in [-0.05, 0) is 54.5 Å². The van der Waals surface area contributed by atoms with Crippen molar-refractivity contribution in [1.29, 1.82) is 0 Å². The van der Waals surface area contributed by atoms with E-state index < -0.39 is 23.7 Å². The lowest BCUT2D eigenvalue weighted by molar-refractivity contribution is 0.155. The van der Waals surface area contributed by atoms with E-state index in [4.69, 9.17) is 4.74 Å². The third-order valence-electron chi connectivity index (χ3n) is 6.41. The van der Waals surface area contributed by atoms with Gasteiger partial charge in [0.2, 0.25) is 11.8 Å². The van der Waals surface area contributed by atoms with E-state index in [1.807, 2.05) is 18.2 Å². The van der Waals surface area contributed by atoms with Crippen LogP contribution in [0.4, 0.5) is 14.9 Å². The van der Waals surface area contributed by atoms with Crippen LogP contribution < -0.4 is 10.9 Å². The van der Waals surface area contributed by atoms with Gasteiger partial charge in [0.1, 0.15) is 18.1 Å². The lowest BCUT2D eigenvalue weighted by atomic mass is 9.90. The number of aromatic amines is 1. The molecule has 0 radical (unpaired) electrons. The summed E-state index contributed by atoms with van der Waals surface area (Å²) >= 11 is 0. The number of hydrogen-bond acceptors (Lipinski definition) is 6. The van der Waals surface area contributed by atoms with Crippen LogP contribution in [0.2, 0.25) is 0 Å². The summed E-state index contributed by atoms with van der Waals surface area (Å²) in [6.45, 7) is 0.0132. The number of rotatable bonds is 6. The first-order valence-electron chi connectivity index (χ1n) is 11.9. The van der Waals surface area contributed by atoms with E-state index in [1.165, 1.54) is 12.1 Å². The molecule has 0 atom stereocenters. The summed E-state index contributed by atoms with van der Waals surface area (Å²) < 4.78 is 20.9. The second kappa shape index (κ2) is 10.2. The van der Waals surface area contributed by atoms with Crippen LogP contribution in [0.25, 0.3) is 5.69 Å². The van der Waals surface area contributed by atoms with E-state index in [1.54, 1.807) is 18.2 Å². The molecule has 4 N–H and O–H groups in total. The number of carbonyl (C=O) groups is 1. The molecule has 0 saturated heterocycles. The molecule has 0 spiro atoms. The number of amides is 1. The number of nitrogens with one attached hydrogen (secondary N) is 2. The zero-order valence-corrected chi connectivity index (χ0v) is 19.8. The van der Waals surface area contributed by atoms with Crippen molar-refractivity contribution in [3.8, 4) is 17.4 Å². The summed E-state index contributed by atoms with van der Waals surface area (Å²) in [4.78, 5) is 24.4. The van der Waals surface area contributed by atoms with Crippen molar-refractivity contribution in [3.05, 3.63) is 98.7 Å². The molecular formula is C27H25FN4O5. The Morgan fingerprint density at radius 2 is 1.81 bits per heavy atom. The van der Waals surface area contributed by atoms with Gasteiger partial charge in [-0.15, -0.1) is 0 Å². The smallest absolute Gasteiger partial charge is 0.412 e. The van der Waals surface area contributed by atoms with Crippen LogP contribution in [-0.4, -0.2) is 31.1 Å². The number of H-pyrrole nitrogens is 1. The van der Waals surface area contributed by atoms with Crippen molar-refractivity contribution in [2.75, 3.05) is 5.32 Å². The van der Waals surface area contributed by atoms with Crippen molar-refractivity contribution in [1.82, 2.24) is 14.8 Å². The highest BCUT2D eigenvalue weighted by atomic mass is 19.1. The lowest BCUT2D eigenvalue weighted by Gasteiger charge is -2.17. The zero-order chi connectivity index (χ0) is 25.9. The maximum Gasteiger partial charge on any atom is 0.412 e. The van der Waals surface area contributed by atoms with Crippen LogP contribution in [0.1, 0.15) is 40.8 Å². The third-order valence-corrected chi connectivity index (χ3v) is 6.41. The maximum atomic E-state index is 14.8. The molecule has 9 nitrogen and oxygen atoms in total. The molecule has 4 aromatic rings. The molecule has 0 saturated carbocycles. The molecule has 190 valence electrons. The predicted octanol–water partition coefficient (Wildman–Crippen LogP) is 4.33. The summed E-state index contributed by atoms with van der Waals surface area (Å²) in [7, 11) is 0. The fourth-order valence-corrected chi connectivity index (χ4v) is 4.59. The largest absolute Gasteiger partial charge is 0.494 e. The molecule has 1 aliphatic carbocycles. The minimum absolute atomic E-state index is 0.0132. The van der Waals surface area contributed by atoms with Gasteiger partial charge in [-0.2, -0.15) is 5.10 Å². The molecule has 0 fully saturated rings. The summed E-state index contributed by atoms with van der Waals surface area (Å²) in [6, 6.07) is 14.4. The Morgan fingerprint density at radius 1 is 1.05 bits per heavy atom. The molecule has 1 aliphatic rings. The Bertz CT molecular complexity index is 1510. The molecule has 0 bridgehead atoms. The van der Waals surface area contributed by atoms with Crippen molar-refractivity contribution < 1.29 is 24.1 Å². The summed E-state index contributed by atoms with van der Waals surface area (Å²) in [5, 5.41) is 30.3. The standard InChI is InChI=1S/C27H25FN4O5/c28-20-11-10-17(12-21-18-8-4-5-9-19(18)25(34)31-30-21)13-23(20)32-24(33)14-22(26(32)35)29-27(36)37-15-16-6-2-1-3-7-16/h1-3,6-7,10-11,13-14,33,35H,4-5,8-9,12,15H2,(H,29,36)(H,31,34). The third kappa shape index (κ3) is 5.04. The van der Waals surface area contributed by atoms with Gasteiger partial charge in [0.25, 0.3) is 5.56 Å². The van der Waals surface area contributed by atoms with Crippen LogP contribution in [0.15, 0.2) is 59.4 Å². The van der Waals surface area contributed by atoms with Crippen LogP contribution in [0.5, 0.6) is 11.8 Å². The van der Waals surface area contributed by atoms with Gasteiger partial charge in [0.15, 0.2) is 0 Å². The van der Waals surface area contributed by atoms with Crippen LogP contribution in [-0.2, 0) is 30.6 Å². The van der Waals surface area contributed by atoms with E-state index in [0.29, 0.717) is 24.1 Å². The Hall–Kier alpha value is -4.60. The number of ether oxygens (including phenoxy) is 1. The van der Waals surface area contributed by atoms with E-state index >= 15 is 0 Å². The maximum absolute atomic E-state index is 14.8. The van der Waals surface area contributed by atoms with E-state index in [0.717, 1.165) is 46.6 Å². The number of nitrogens with zero attached hydrogens (tertiary/aromatic N) is 2. The van der Waals surface area contributed by atoms with Gasteiger partial charge >= 0.3 is 6.09 Å². The van der Waals surface area contributed by atoms with Crippen molar-refractivity contribution >= 4 is 11.8 Å². The first kappa shape index (κ1) is 24.1. The quantitative estimate of drug-likeness (QED) is 0.309. The summed E-state index contributed by atoms with van der Waals surface area (Å²) in [6.07, 6.45) is 2.84. The molecule has 1 amide bonds. The molecule has 10 heteroatoms. The van der Waals surface area contributed by atoms with Gasteiger partial charge in [-0.1, -0.05) is 36.4 Å². The SMILES string of the molecule is O=C(Nc1cc(O)n(-c2cc(Cc3n[nH]c(=O)c4c3CCCC4)ccc2F)c1O)OCc1ccccc1. The number of anilines is 1. The summed E-state index contributed by atoms with van der Waals surface area (Å²) in [5.41, 5.74) is 3.38. The Morgan fingerprint density at radius 3 is 2.59 bits per heavy atom. The average Bonchev–Trinajstić information content (AvgIpc) is 3.18. The van der Waals surface area contributed by atoms with Gasteiger partial charge in [-0.3, -0.25) is 10.1 Å². The molecular weight excluding hydrogens is 479 g/mol. The van der Waals surface area contributed by atoms with Crippen LogP contribution in [0.3, 0.4) is 0 Å². The zero-order valence-electron chi connectivity index (χ0n) is 19.8. The molecule has 5 rings (SSSR count). The lowest BCUT2D eigenvalue weighted by Crippen LogP contribution is -2.23. The molecule has 37 heavy (non-hydrogen) atoms. The Balaban J connectivity index is 1.38. The molecule has 2 aromatic carbocycles. The molecule has 2 aromatic heterocycles.